The lowest BCUT2D eigenvalue weighted by Gasteiger charge is -2.33. The second kappa shape index (κ2) is 8.61. The number of oxazole rings is 1. The van der Waals surface area contributed by atoms with E-state index in [1.807, 2.05) is 4.90 Å². The van der Waals surface area contributed by atoms with E-state index >= 15 is 0 Å². The molecule has 1 N–H and O–H groups in total. The minimum atomic E-state index is -0.189. The fourth-order valence-electron chi connectivity index (χ4n) is 4.31. The summed E-state index contributed by atoms with van der Waals surface area (Å²) in [5.41, 5.74) is 0.353. The summed E-state index contributed by atoms with van der Waals surface area (Å²) in [6.45, 7) is 6.03. The molecule has 0 radical (unpaired) electrons. The van der Waals surface area contributed by atoms with Crippen molar-refractivity contribution in [2.24, 2.45) is 5.92 Å². The van der Waals surface area contributed by atoms with Crippen molar-refractivity contribution >= 4 is 11.8 Å². The molecule has 2 amide bonds. The number of nitrogens with one attached hydrogen (secondary N) is 1. The zero-order valence-electron chi connectivity index (χ0n) is 16.6. The first-order valence-corrected chi connectivity index (χ1v) is 10.4. The van der Waals surface area contributed by atoms with Crippen LogP contribution < -0.4 is 5.32 Å². The van der Waals surface area contributed by atoms with E-state index < -0.39 is 0 Å². The smallest absolute Gasteiger partial charge is 0.273 e. The molecule has 3 fully saturated rings. The summed E-state index contributed by atoms with van der Waals surface area (Å²) < 4.78 is 10.5. The molecule has 154 valence electrons. The monoisotopic (exact) mass is 390 g/mol. The van der Waals surface area contributed by atoms with Crippen LogP contribution in [0.5, 0.6) is 0 Å². The van der Waals surface area contributed by atoms with Gasteiger partial charge in [-0.25, -0.2) is 4.98 Å². The minimum absolute atomic E-state index is 0.189. The van der Waals surface area contributed by atoms with Crippen LogP contribution in [0.15, 0.2) is 10.8 Å². The molecule has 0 aromatic carbocycles. The van der Waals surface area contributed by atoms with Crippen molar-refractivity contribution < 1.29 is 18.7 Å². The van der Waals surface area contributed by atoms with Crippen LogP contribution >= 0.6 is 0 Å². The number of hydrogen-bond acceptors (Lipinski definition) is 6. The molecule has 1 aromatic rings. The lowest BCUT2D eigenvalue weighted by Crippen LogP contribution is -2.47. The number of ether oxygens (including phenoxy) is 1. The molecule has 2 saturated heterocycles. The highest BCUT2D eigenvalue weighted by molar-refractivity contribution is 5.93. The highest BCUT2D eigenvalue weighted by atomic mass is 16.5. The Kier molecular flexibility index (Phi) is 5.96. The Morgan fingerprint density at radius 1 is 1.18 bits per heavy atom. The zero-order valence-corrected chi connectivity index (χ0v) is 16.6. The maximum absolute atomic E-state index is 12.7. The van der Waals surface area contributed by atoms with Crippen LogP contribution in [0.2, 0.25) is 0 Å². The molecule has 28 heavy (non-hydrogen) atoms. The van der Waals surface area contributed by atoms with Gasteiger partial charge < -0.3 is 19.4 Å². The van der Waals surface area contributed by atoms with Gasteiger partial charge in [-0.3, -0.25) is 14.5 Å². The van der Waals surface area contributed by atoms with Crippen LogP contribution in [0.25, 0.3) is 0 Å². The number of amides is 2. The SMILES string of the molecule is Cc1ocnc1C(=O)NC[C@@H]1CC[C@H](CC(=O)N2CCOCC2)N1CC1CC1. The van der Waals surface area contributed by atoms with E-state index in [9.17, 15) is 9.59 Å². The normalized spacial score (nSPS) is 25.8. The Bertz CT molecular complexity index is 696. The average Bonchev–Trinajstić information content (AvgIpc) is 3.31. The molecule has 1 aromatic heterocycles. The quantitative estimate of drug-likeness (QED) is 0.753. The number of carbonyl (C=O) groups is 2. The molecular formula is C20H30N4O4. The molecule has 4 rings (SSSR count). The largest absolute Gasteiger partial charge is 0.448 e. The maximum atomic E-state index is 12.7. The summed E-state index contributed by atoms with van der Waals surface area (Å²) in [5.74, 6) is 1.32. The van der Waals surface area contributed by atoms with Crippen LogP contribution in [-0.4, -0.2) is 78.1 Å². The summed E-state index contributed by atoms with van der Waals surface area (Å²) in [6.07, 6.45) is 6.43. The highest BCUT2D eigenvalue weighted by Crippen LogP contribution is 2.35. The Labute approximate surface area is 165 Å². The first-order valence-electron chi connectivity index (χ1n) is 10.4. The van der Waals surface area contributed by atoms with E-state index in [0.29, 0.717) is 50.7 Å². The van der Waals surface area contributed by atoms with E-state index in [1.165, 1.54) is 19.2 Å². The van der Waals surface area contributed by atoms with Gasteiger partial charge >= 0.3 is 0 Å². The molecule has 0 bridgehead atoms. The molecule has 3 heterocycles. The van der Waals surface area contributed by atoms with Crippen LogP contribution in [-0.2, 0) is 9.53 Å². The predicted octanol–water partition coefficient (Wildman–Crippen LogP) is 1.20. The van der Waals surface area contributed by atoms with Gasteiger partial charge in [0.05, 0.1) is 13.2 Å². The van der Waals surface area contributed by atoms with Crippen molar-refractivity contribution in [2.75, 3.05) is 39.4 Å². The molecule has 0 spiro atoms. The number of likely N-dealkylation sites (tertiary alicyclic amines) is 1. The van der Waals surface area contributed by atoms with Crippen molar-refractivity contribution in [3.8, 4) is 0 Å². The molecule has 3 aliphatic rings. The van der Waals surface area contributed by atoms with E-state index in [2.05, 4.69) is 15.2 Å². The van der Waals surface area contributed by atoms with Crippen LogP contribution in [0.4, 0.5) is 0 Å². The molecule has 2 atom stereocenters. The molecular weight excluding hydrogens is 360 g/mol. The molecule has 1 saturated carbocycles. The van der Waals surface area contributed by atoms with Gasteiger partial charge in [-0.1, -0.05) is 0 Å². The van der Waals surface area contributed by atoms with Gasteiger partial charge in [-0.15, -0.1) is 0 Å². The Morgan fingerprint density at radius 2 is 1.93 bits per heavy atom. The van der Waals surface area contributed by atoms with Crippen molar-refractivity contribution in [3.05, 3.63) is 17.8 Å². The van der Waals surface area contributed by atoms with Crippen LogP contribution in [0, 0.1) is 12.8 Å². The van der Waals surface area contributed by atoms with Gasteiger partial charge in [0.1, 0.15) is 5.76 Å². The Morgan fingerprint density at radius 3 is 2.61 bits per heavy atom. The van der Waals surface area contributed by atoms with Crippen LogP contribution in [0.3, 0.4) is 0 Å². The second-order valence-electron chi connectivity index (χ2n) is 8.19. The average molecular weight is 390 g/mol. The minimum Gasteiger partial charge on any atom is -0.448 e. The van der Waals surface area contributed by atoms with Gasteiger partial charge in [0, 0.05) is 44.7 Å². The number of aryl methyl sites for hydroxylation is 1. The van der Waals surface area contributed by atoms with E-state index in [-0.39, 0.29) is 23.9 Å². The zero-order chi connectivity index (χ0) is 19.5. The lowest BCUT2D eigenvalue weighted by molar-refractivity contribution is -0.136. The predicted molar refractivity (Wildman–Crippen MR) is 102 cm³/mol. The third-order valence-electron chi connectivity index (χ3n) is 6.17. The molecule has 0 unspecified atom stereocenters. The summed E-state index contributed by atoms with van der Waals surface area (Å²) in [7, 11) is 0. The Balaban J connectivity index is 1.34. The summed E-state index contributed by atoms with van der Waals surface area (Å²) in [5, 5.41) is 3.01. The highest BCUT2D eigenvalue weighted by Gasteiger charge is 2.38. The number of rotatable bonds is 7. The maximum Gasteiger partial charge on any atom is 0.273 e. The molecule has 2 aliphatic heterocycles. The topological polar surface area (TPSA) is 87.9 Å². The van der Waals surface area contributed by atoms with Crippen LogP contribution in [0.1, 0.15) is 48.4 Å². The number of nitrogens with zero attached hydrogens (tertiary/aromatic N) is 3. The first kappa shape index (κ1) is 19.4. The second-order valence-corrected chi connectivity index (χ2v) is 8.19. The van der Waals surface area contributed by atoms with Gasteiger partial charge in [-0.2, -0.15) is 0 Å². The summed E-state index contributed by atoms with van der Waals surface area (Å²) in [4.78, 5) is 33.5. The standard InChI is InChI=1S/C20H30N4O4/c1-14-19(22-13-28-14)20(26)21-11-17-5-4-16(24(17)12-15-2-3-15)10-18(25)23-6-8-27-9-7-23/h13,15-17H,2-12H2,1H3,(H,21,26)/t16-,17+/m1/s1. The number of morpholine rings is 1. The first-order chi connectivity index (χ1) is 13.6. The van der Waals surface area contributed by atoms with Crippen molar-refractivity contribution in [1.82, 2.24) is 20.1 Å². The van der Waals surface area contributed by atoms with Crippen molar-refractivity contribution in [2.45, 2.75) is 51.1 Å². The number of aromatic nitrogens is 1. The molecule has 8 heteroatoms. The third kappa shape index (κ3) is 4.55. The van der Waals surface area contributed by atoms with Gasteiger partial charge in [-0.05, 0) is 38.5 Å². The Hall–Kier alpha value is -1.93. The fraction of sp³-hybridized carbons (Fsp3) is 0.750. The van der Waals surface area contributed by atoms with E-state index in [1.54, 1.807) is 6.92 Å². The number of carbonyl (C=O) groups excluding carboxylic acids is 2. The summed E-state index contributed by atoms with van der Waals surface area (Å²) >= 11 is 0. The molecule has 1 aliphatic carbocycles. The lowest BCUT2D eigenvalue weighted by atomic mass is 10.1. The summed E-state index contributed by atoms with van der Waals surface area (Å²) in [6, 6.07) is 0.547. The van der Waals surface area contributed by atoms with Crippen molar-refractivity contribution in [1.29, 1.82) is 0 Å². The fourth-order valence-corrected chi connectivity index (χ4v) is 4.31. The number of hydrogen-bond donors (Lipinski definition) is 1. The van der Waals surface area contributed by atoms with Crippen molar-refractivity contribution in [3.63, 3.8) is 0 Å². The van der Waals surface area contributed by atoms with Gasteiger partial charge in [0.25, 0.3) is 5.91 Å². The van der Waals surface area contributed by atoms with E-state index in [0.717, 1.165) is 25.3 Å². The van der Waals surface area contributed by atoms with Gasteiger partial charge in [0.2, 0.25) is 5.91 Å². The third-order valence-corrected chi connectivity index (χ3v) is 6.17. The van der Waals surface area contributed by atoms with E-state index in [4.69, 9.17) is 9.15 Å². The van der Waals surface area contributed by atoms with Gasteiger partial charge in [0.15, 0.2) is 12.1 Å². The molecule has 8 nitrogen and oxygen atoms in total.